The largest absolute Gasteiger partial charge is 0.465 e. The number of carbonyl (C=O) groups excluding carboxylic acids is 3. The molecule has 1 saturated heterocycles. The summed E-state index contributed by atoms with van der Waals surface area (Å²) >= 11 is 0. The summed E-state index contributed by atoms with van der Waals surface area (Å²) in [6, 6.07) is 0. The van der Waals surface area contributed by atoms with E-state index in [2.05, 4.69) is 0 Å². The molecule has 1 heterocycles. The lowest BCUT2D eigenvalue weighted by Crippen LogP contribution is -2.36. The molecule has 5 atom stereocenters. The Hall–Kier alpha value is -1.39. The number of fused-ring (bicyclic) bond motifs is 1. The minimum atomic E-state index is -0.739. The molecular formula is C17H26O5. The topological polar surface area (TPSA) is 69.7 Å². The predicted octanol–water partition coefficient (Wildman–Crippen LogP) is 2.37. The number of ether oxygens (including phenoxy) is 2. The van der Waals surface area contributed by atoms with Crippen molar-refractivity contribution < 1.29 is 23.9 Å². The van der Waals surface area contributed by atoms with Gasteiger partial charge in [-0.2, -0.15) is 0 Å². The molecule has 0 N–H and O–H groups in total. The van der Waals surface area contributed by atoms with Crippen LogP contribution in [0, 0.1) is 29.1 Å². The van der Waals surface area contributed by atoms with Gasteiger partial charge in [0, 0.05) is 17.3 Å². The molecule has 1 saturated carbocycles. The van der Waals surface area contributed by atoms with Crippen LogP contribution in [-0.2, 0) is 23.9 Å². The number of hydrogen-bond donors (Lipinski definition) is 0. The van der Waals surface area contributed by atoms with Gasteiger partial charge in [0.2, 0.25) is 0 Å². The molecule has 0 spiro atoms. The summed E-state index contributed by atoms with van der Waals surface area (Å²) in [4.78, 5) is 35.8. The minimum absolute atomic E-state index is 0.0686. The Morgan fingerprint density at radius 2 is 1.86 bits per heavy atom. The Morgan fingerprint density at radius 1 is 1.23 bits per heavy atom. The molecule has 0 aromatic carbocycles. The van der Waals surface area contributed by atoms with Gasteiger partial charge in [-0.1, -0.05) is 20.8 Å². The maximum atomic E-state index is 12.2. The average Bonchev–Trinajstić information content (AvgIpc) is 2.96. The van der Waals surface area contributed by atoms with Gasteiger partial charge in [-0.25, -0.2) is 0 Å². The molecule has 5 unspecified atom stereocenters. The first kappa shape index (κ1) is 17.0. The fraction of sp³-hybridized carbons (Fsp3) is 0.824. The highest BCUT2D eigenvalue weighted by atomic mass is 16.5. The fourth-order valence-corrected chi connectivity index (χ4v) is 3.61. The first-order valence-corrected chi connectivity index (χ1v) is 8.06. The van der Waals surface area contributed by atoms with Gasteiger partial charge in [0.05, 0.1) is 12.5 Å². The SMILES string of the molecule is CC(C)C(=O)C(C)C(=O)OC(C)C1(C)CC2COC(=O)C2C1. The zero-order valence-corrected chi connectivity index (χ0v) is 14.0. The van der Waals surface area contributed by atoms with Crippen molar-refractivity contribution >= 4 is 17.7 Å². The van der Waals surface area contributed by atoms with E-state index in [9.17, 15) is 14.4 Å². The second-order valence-corrected chi connectivity index (χ2v) is 7.42. The van der Waals surface area contributed by atoms with Gasteiger partial charge >= 0.3 is 11.9 Å². The molecule has 0 amide bonds. The zero-order chi connectivity index (χ0) is 16.7. The molecule has 2 aliphatic rings. The van der Waals surface area contributed by atoms with Crippen molar-refractivity contribution in [2.75, 3.05) is 6.61 Å². The molecule has 124 valence electrons. The molecule has 2 rings (SSSR count). The summed E-state index contributed by atoms with van der Waals surface area (Å²) in [6.07, 6.45) is 1.17. The molecule has 0 aromatic heterocycles. The van der Waals surface area contributed by atoms with Crippen LogP contribution in [0.1, 0.15) is 47.5 Å². The summed E-state index contributed by atoms with van der Waals surface area (Å²) in [6.45, 7) is 9.53. The Kier molecular flexibility index (Phi) is 4.64. The van der Waals surface area contributed by atoms with Crippen LogP contribution < -0.4 is 0 Å². The maximum Gasteiger partial charge on any atom is 0.316 e. The molecule has 5 heteroatoms. The molecule has 5 nitrogen and oxygen atoms in total. The van der Waals surface area contributed by atoms with Crippen LogP contribution in [-0.4, -0.2) is 30.4 Å². The van der Waals surface area contributed by atoms with Crippen LogP contribution in [0.25, 0.3) is 0 Å². The molecule has 2 fully saturated rings. The standard InChI is InChI=1S/C17H26O5/c1-9(2)14(18)10(3)15(19)22-11(4)17(5)6-12-8-21-16(20)13(12)7-17/h9-13H,6-8H2,1-5H3. The molecule has 1 aliphatic carbocycles. The number of hydrogen-bond acceptors (Lipinski definition) is 5. The third-order valence-electron chi connectivity index (χ3n) is 5.35. The van der Waals surface area contributed by atoms with E-state index < -0.39 is 11.9 Å². The van der Waals surface area contributed by atoms with E-state index in [-0.39, 0.29) is 41.0 Å². The van der Waals surface area contributed by atoms with E-state index in [1.54, 1.807) is 20.8 Å². The Morgan fingerprint density at radius 3 is 2.41 bits per heavy atom. The van der Waals surface area contributed by atoms with Gasteiger partial charge in [0.25, 0.3) is 0 Å². The smallest absolute Gasteiger partial charge is 0.316 e. The van der Waals surface area contributed by atoms with Crippen molar-refractivity contribution in [3.05, 3.63) is 0 Å². The lowest BCUT2D eigenvalue weighted by molar-refractivity contribution is -0.161. The Balaban J connectivity index is 1.97. The van der Waals surface area contributed by atoms with Crippen molar-refractivity contribution in [3.8, 4) is 0 Å². The summed E-state index contributed by atoms with van der Waals surface area (Å²) < 4.78 is 10.6. The number of esters is 2. The van der Waals surface area contributed by atoms with Gasteiger partial charge < -0.3 is 9.47 Å². The van der Waals surface area contributed by atoms with E-state index in [0.29, 0.717) is 13.0 Å². The maximum absolute atomic E-state index is 12.2. The van der Waals surface area contributed by atoms with Crippen molar-refractivity contribution in [3.63, 3.8) is 0 Å². The van der Waals surface area contributed by atoms with Crippen molar-refractivity contribution in [2.24, 2.45) is 29.1 Å². The van der Waals surface area contributed by atoms with Gasteiger partial charge in [0.1, 0.15) is 17.8 Å². The monoisotopic (exact) mass is 310 g/mol. The van der Waals surface area contributed by atoms with Gasteiger partial charge in [-0.3, -0.25) is 14.4 Å². The third kappa shape index (κ3) is 3.03. The van der Waals surface area contributed by atoms with Gasteiger partial charge in [-0.15, -0.1) is 0 Å². The Bertz CT molecular complexity index is 483. The normalized spacial score (nSPS) is 33.3. The van der Waals surface area contributed by atoms with Crippen LogP contribution in [0.2, 0.25) is 0 Å². The van der Waals surface area contributed by atoms with Crippen molar-refractivity contribution in [1.82, 2.24) is 0 Å². The summed E-state index contributed by atoms with van der Waals surface area (Å²) in [7, 11) is 0. The van der Waals surface area contributed by atoms with Gasteiger partial charge in [0.15, 0.2) is 0 Å². The van der Waals surface area contributed by atoms with E-state index >= 15 is 0 Å². The van der Waals surface area contributed by atoms with E-state index in [0.717, 1.165) is 6.42 Å². The lowest BCUT2D eigenvalue weighted by atomic mass is 9.81. The van der Waals surface area contributed by atoms with Crippen molar-refractivity contribution in [2.45, 2.75) is 53.6 Å². The highest BCUT2D eigenvalue weighted by Gasteiger charge is 2.53. The summed E-state index contributed by atoms with van der Waals surface area (Å²) in [5.74, 6) is -1.46. The number of carbonyl (C=O) groups is 3. The third-order valence-corrected chi connectivity index (χ3v) is 5.35. The molecule has 0 bridgehead atoms. The second-order valence-electron chi connectivity index (χ2n) is 7.42. The van der Waals surface area contributed by atoms with E-state index in [4.69, 9.17) is 9.47 Å². The van der Waals surface area contributed by atoms with E-state index in [1.165, 1.54) is 0 Å². The number of rotatable bonds is 5. The summed E-state index contributed by atoms with van der Waals surface area (Å²) in [5, 5.41) is 0. The zero-order valence-electron chi connectivity index (χ0n) is 14.0. The molecule has 0 radical (unpaired) electrons. The van der Waals surface area contributed by atoms with Crippen LogP contribution in [0.4, 0.5) is 0 Å². The number of Topliss-reactive ketones (excluding diaryl/α,β-unsaturated/α-hetero) is 1. The van der Waals surface area contributed by atoms with Crippen LogP contribution in [0.3, 0.4) is 0 Å². The fourth-order valence-electron chi connectivity index (χ4n) is 3.61. The quantitative estimate of drug-likeness (QED) is 0.576. The highest BCUT2D eigenvalue weighted by molar-refractivity contribution is 5.99. The average molecular weight is 310 g/mol. The van der Waals surface area contributed by atoms with Crippen LogP contribution in [0.5, 0.6) is 0 Å². The minimum Gasteiger partial charge on any atom is -0.465 e. The first-order valence-electron chi connectivity index (χ1n) is 8.06. The van der Waals surface area contributed by atoms with Crippen molar-refractivity contribution in [1.29, 1.82) is 0 Å². The highest BCUT2D eigenvalue weighted by Crippen LogP contribution is 2.51. The first-order chi connectivity index (χ1) is 10.2. The number of cyclic esters (lactones) is 1. The predicted molar refractivity (Wildman–Crippen MR) is 79.8 cm³/mol. The van der Waals surface area contributed by atoms with Crippen LogP contribution >= 0.6 is 0 Å². The molecule has 1 aliphatic heterocycles. The molecule has 0 aromatic rings. The Labute approximate surface area is 131 Å². The van der Waals surface area contributed by atoms with E-state index in [1.807, 2.05) is 13.8 Å². The van der Waals surface area contributed by atoms with Gasteiger partial charge in [-0.05, 0) is 26.7 Å². The second kappa shape index (κ2) is 6.01. The van der Waals surface area contributed by atoms with Crippen LogP contribution in [0.15, 0.2) is 0 Å². The number of ketones is 1. The molecule has 22 heavy (non-hydrogen) atoms. The summed E-state index contributed by atoms with van der Waals surface area (Å²) in [5.41, 5.74) is -0.231. The molecular weight excluding hydrogens is 284 g/mol. The lowest BCUT2D eigenvalue weighted by Gasteiger charge is -2.32.